The van der Waals surface area contributed by atoms with Crippen molar-refractivity contribution in [1.29, 1.82) is 0 Å². The second-order valence-electron chi connectivity index (χ2n) is 4.80. The smallest absolute Gasteiger partial charge is 0.315 e. The van der Waals surface area contributed by atoms with E-state index in [2.05, 4.69) is 16.9 Å². The highest BCUT2D eigenvalue weighted by atomic mass is 32.2. The molecule has 1 unspecified atom stereocenters. The van der Waals surface area contributed by atoms with E-state index in [0.29, 0.717) is 0 Å². The predicted molar refractivity (Wildman–Crippen MR) is 72.9 cm³/mol. The van der Waals surface area contributed by atoms with Crippen LogP contribution in [0.4, 0.5) is 4.79 Å². The van der Waals surface area contributed by atoms with E-state index in [1.54, 1.807) is 6.92 Å². The quantitative estimate of drug-likeness (QED) is 0.713. The van der Waals surface area contributed by atoms with E-state index in [0.717, 1.165) is 30.9 Å². The lowest BCUT2D eigenvalue weighted by Gasteiger charge is -2.28. The molecule has 1 fully saturated rings. The van der Waals surface area contributed by atoms with Gasteiger partial charge in [-0.3, -0.25) is 4.79 Å². The van der Waals surface area contributed by atoms with E-state index >= 15 is 0 Å². The van der Waals surface area contributed by atoms with Crippen LogP contribution in [0.25, 0.3) is 0 Å². The monoisotopic (exact) mass is 274 g/mol. The predicted octanol–water partition coefficient (Wildman–Crippen LogP) is 1.68. The number of carboxylic acid groups (broad SMARTS) is 1. The highest BCUT2D eigenvalue weighted by Gasteiger charge is 2.22. The molecule has 1 aliphatic carbocycles. The second-order valence-corrected chi connectivity index (χ2v) is 5.94. The summed E-state index contributed by atoms with van der Waals surface area (Å²) in [4.78, 5) is 22.2. The van der Waals surface area contributed by atoms with Crippen LogP contribution in [-0.4, -0.2) is 41.2 Å². The number of hydrogen-bond acceptors (Lipinski definition) is 3. The lowest BCUT2D eigenvalue weighted by molar-refractivity contribution is -0.140. The average Bonchev–Trinajstić information content (AvgIpc) is 2.36. The molecule has 3 N–H and O–H groups in total. The summed E-state index contributed by atoms with van der Waals surface area (Å²) in [6.07, 6.45) is 6.41. The molecule has 1 aliphatic rings. The molecule has 0 aromatic heterocycles. The lowest BCUT2D eigenvalue weighted by Crippen LogP contribution is -2.45. The largest absolute Gasteiger partial charge is 0.481 e. The van der Waals surface area contributed by atoms with Crippen LogP contribution in [0.2, 0.25) is 0 Å². The number of rotatable bonds is 5. The van der Waals surface area contributed by atoms with Crippen LogP contribution in [0.15, 0.2) is 0 Å². The number of aliphatic carboxylic acids is 1. The molecule has 0 bridgehead atoms. The van der Waals surface area contributed by atoms with Gasteiger partial charge in [-0.1, -0.05) is 6.92 Å². The Morgan fingerprint density at radius 3 is 2.44 bits per heavy atom. The number of carbonyl (C=O) groups is 2. The SMILES string of the molecule is CSC1CCC(NC(=O)NCC(C)C(=O)O)CC1. The third kappa shape index (κ3) is 5.16. The molecule has 18 heavy (non-hydrogen) atoms. The molecule has 6 heteroatoms. The first-order valence-electron chi connectivity index (χ1n) is 6.33. The number of urea groups is 1. The minimum Gasteiger partial charge on any atom is -0.481 e. The maximum atomic E-state index is 11.6. The Kier molecular flexibility index (Phi) is 6.32. The van der Waals surface area contributed by atoms with Crippen LogP contribution in [-0.2, 0) is 4.79 Å². The standard InChI is InChI=1S/C12H22N2O3S/c1-8(11(15)16)7-13-12(17)14-9-3-5-10(18-2)6-4-9/h8-10H,3-7H2,1-2H3,(H,15,16)(H2,13,14,17). The van der Waals surface area contributed by atoms with E-state index in [1.807, 2.05) is 11.8 Å². The van der Waals surface area contributed by atoms with Crippen molar-refractivity contribution in [3.05, 3.63) is 0 Å². The summed E-state index contributed by atoms with van der Waals surface area (Å²) >= 11 is 1.89. The lowest BCUT2D eigenvalue weighted by atomic mass is 9.95. The fourth-order valence-corrected chi connectivity index (χ4v) is 2.76. The summed E-state index contributed by atoms with van der Waals surface area (Å²) in [5.41, 5.74) is 0. The Morgan fingerprint density at radius 1 is 1.33 bits per heavy atom. The number of amides is 2. The first-order chi connectivity index (χ1) is 8.52. The first kappa shape index (κ1) is 15.1. The number of nitrogens with one attached hydrogen (secondary N) is 2. The molecule has 0 spiro atoms. The molecule has 1 rings (SSSR count). The van der Waals surface area contributed by atoms with Gasteiger partial charge in [-0.15, -0.1) is 0 Å². The molecule has 5 nitrogen and oxygen atoms in total. The summed E-state index contributed by atoms with van der Waals surface area (Å²) in [7, 11) is 0. The van der Waals surface area contributed by atoms with Crippen LogP contribution in [0.1, 0.15) is 32.6 Å². The summed E-state index contributed by atoms with van der Waals surface area (Å²) in [6.45, 7) is 1.74. The van der Waals surface area contributed by atoms with Gasteiger partial charge in [0.05, 0.1) is 5.92 Å². The van der Waals surface area contributed by atoms with Crippen molar-refractivity contribution in [2.24, 2.45) is 5.92 Å². The van der Waals surface area contributed by atoms with Crippen molar-refractivity contribution in [3.8, 4) is 0 Å². The highest BCUT2D eigenvalue weighted by Crippen LogP contribution is 2.26. The molecular weight excluding hydrogens is 252 g/mol. The van der Waals surface area contributed by atoms with Gasteiger partial charge in [0.1, 0.15) is 0 Å². The molecule has 0 saturated heterocycles. The van der Waals surface area contributed by atoms with Gasteiger partial charge >= 0.3 is 12.0 Å². The Balaban J connectivity index is 2.19. The van der Waals surface area contributed by atoms with Crippen LogP contribution >= 0.6 is 11.8 Å². The Hall–Kier alpha value is -0.910. The normalized spacial score (nSPS) is 25.2. The fourth-order valence-electron chi connectivity index (χ4n) is 2.01. The Bertz CT molecular complexity index is 291. The van der Waals surface area contributed by atoms with Crippen molar-refractivity contribution in [1.82, 2.24) is 10.6 Å². The van der Waals surface area contributed by atoms with Crippen molar-refractivity contribution in [2.45, 2.75) is 43.9 Å². The zero-order valence-electron chi connectivity index (χ0n) is 10.9. The highest BCUT2D eigenvalue weighted by molar-refractivity contribution is 7.99. The number of thioether (sulfide) groups is 1. The molecule has 0 aromatic rings. The third-order valence-corrected chi connectivity index (χ3v) is 4.47. The van der Waals surface area contributed by atoms with Gasteiger partial charge in [0.25, 0.3) is 0 Å². The molecule has 0 aliphatic heterocycles. The van der Waals surface area contributed by atoms with Crippen LogP contribution in [0, 0.1) is 5.92 Å². The maximum Gasteiger partial charge on any atom is 0.315 e. The molecule has 0 heterocycles. The fraction of sp³-hybridized carbons (Fsp3) is 0.833. The van der Waals surface area contributed by atoms with Crippen LogP contribution < -0.4 is 10.6 Å². The van der Waals surface area contributed by atoms with Crippen molar-refractivity contribution < 1.29 is 14.7 Å². The first-order valence-corrected chi connectivity index (χ1v) is 7.61. The molecule has 2 amide bonds. The molecular formula is C12H22N2O3S. The van der Waals surface area contributed by atoms with Gasteiger partial charge < -0.3 is 15.7 Å². The molecule has 0 radical (unpaired) electrons. The van der Waals surface area contributed by atoms with Gasteiger partial charge in [0.15, 0.2) is 0 Å². The molecule has 1 atom stereocenters. The summed E-state index contributed by atoms with van der Waals surface area (Å²) in [6, 6.07) is -0.0239. The van der Waals surface area contributed by atoms with Gasteiger partial charge in [-0.2, -0.15) is 11.8 Å². The Labute approximate surface area is 112 Å². The van der Waals surface area contributed by atoms with Gasteiger partial charge in [0, 0.05) is 17.8 Å². The Morgan fingerprint density at radius 2 is 1.94 bits per heavy atom. The average molecular weight is 274 g/mol. The van der Waals surface area contributed by atoms with Gasteiger partial charge in [0.2, 0.25) is 0 Å². The number of carbonyl (C=O) groups excluding carboxylic acids is 1. The van der Waals surface area contributed by atoms with Gasteiger partial charge in [-0.05, 0) is 31.9 Å². The van der Waals surface area contributed by atoms with E-state index in [4.69, 9.17) is 5.11 Å². The minimum atomic E-state index is -0.893. The summed E-state index contributed by atoms with van der Waals surface area (Å²) < 4.78 is 0. The van der Waals surface area contributed by atoms with Gasteiger partial charge in [-0.25, -0.2) is 4.79 Å². The summed E-state index contributed by atoms with van der Waals surface area (Å²) in [5, 5.41) is 14.9. The zero-order valence-corrected chi connectivity index (χ0v) is 11.8. The molecule has 104 valence electrons. The third-order valence-electron chi connectivity index (χ3n) is 3.33. The van der Waals surface area contributed by atoms with E-state index in [-0.39, 0.29) is 18.6 Å². The molecule has 1 saturated carbocycles. The van der Waals surface area contributed by atoms with Crippen LogP contribution in [0.5, 0.6) is 0 Å². The minimum absolute atomic E-state index is 0.168. The summed E-state index contributed by atoms with van der Waals surface area (Å²) in [5.74, 6) is -1.45. The van der Waals surface area contributed by atoms with E-state index < -0.39 is 11.9 Å². The van der Waals surface area contributed by atoms with E-state index in [1.165, 1.54) is 0 Å². The van der Waals surface area contributed by atoms with Crippen molar-refractivity contribution in [2.75, 3.05) is 12.8 Å². The van der Waals surface area contributed by atoms with E-state index in [9.17, 15) is 9.59 Å². The second kappa shape index (κ2) is 7.51. The zero-order chi connectivity index (χ0) is 13.5. The number of hydrogen-bond donors (Lipinski definition) is 3. The topological polar surface area (TPSA) is 78.4 Å². The van der Waals surface area contributed by atoms with Crippen molar-refractivity contribution in [3.63, 3.8) is 0 Å². The van der Waals surface area contributed by atoms with Crippen LogP contribution in [0.3, 0.4) is 0 Å². The molecule has 0 aromatic carbocycles. The van der Waals surface area contributed by atoms with Crippen molar-refractivity contribution >= 4 is 23.8 Å². The maximum absolute atomic E-state index is 11.6. The number of carboxylic acids is 1.